The zero-order valence-corrected chi connectivity index (χ0v) is 11.8. The van der Waals surface area contributed by atoms with E-state index >= 15 is 0 Å². The fourth-order valence-corrected chi connectivity index (χ4v) is 1.77. The van der Waals surface area contributed by atoms with Crippen molar-refractivity contribution in [3.63, 3.8) is 0 Å². The molecular weight excluding hydrogens is 230 g/mol. The van der Waals surface area contributed by atoms with Gasteiger partial charge in [0.2, 0.25) is 0 Å². The Morgan fingerprint density at radius 3 is 1.78 bits per heavy atom. The van der Waals surface area contributed by atoms with Gasteiger partial charge in [-0.3, -0.25) is 0 Å². The molecule has 0 N–H and O–H groups in total. The van der Waals surface area contributed by atoms with Crippen molar-refractivity contribution in [3.8, 4) is 12.8 Å². The van der Waals surface area contributed by atoms with Crippen molar-refractivity contribution in [2.24, 2.45) is 0 Å². The summed E-state index contributed by atoms with van der Waals surface area (Å²) in [7, 11) is 0. The van der Waals surface area contributed by atoms with E-state index in [1.807, 2.05) is 20.8 Å². The SMILES string of the molecule is C#C.CC.CCC[C@@H](CC)c1cc(F)cc(F)c1. The van der Waals surface area contributed by atoms with Gasteiger partial charge in [0.25, 0.3) is 0 Å². The molecule has 1 aromatic rings. The number of rotatable bonds is 4. The van der Waals surface area contributed by atoms with Crippen molar-refractivity contribution in [2.75, 3.05) is 0 Å². The zero-order valence-electron chi connectivity index (χ0n) is 11.8. The minimum atomic E-state index is -0.477. The van der Waals surface area contributed by atoms with Crippen molar-refractivity contribution in [1.82, 2.24) is 0 Å². The molecule has 0 saturated heterocycles. The quantitative estimate of drug-likeness (QED) is 0.619. The first-order valence-corrected chi connectivity index (χ1v) is 6.46. The molecule has 102 valence electrons. The van der Waals surface area contributed by atoms with Crippen molar-refractivity contribution in [1.29, 1.82) is 0 Å². The predicted molar refractivity (Wildman–Crippen MR) is 75.5 cm³/mol. The molecule has 0 aromatic heterocycles. The monoisotopic (exact) mass is 254 g/mol. The van der Waals surface area contributed by atoms with Crippen LogP contribution >= 0.6 is 0 Å². The Labute approximate surface area is 110 Å². The molecule has 1 rings (SSSR count). The van der Waals surface area contributed by atoms with Crippen LogP contribution in [-0.4, -0.2) is 0 Å². The third-order valence-electron chi connectivity index (χ3n) is 2.49. The van der Waals surface area contributed by atoms with Crippen LogP contribution in [-0.2, 0) is 0 Å². The van der Waals surface area contributed by atoms with Crippen LogP contribution in [0.15, 0.2) is 18.2 Å². The van der Waals surface area contributed by atoms with Gasteiger partial charge in [0.1, 0.15) is 11.6 Å². The van der Waals surface area contributed by atoms with Crippen molar-refractivity contribution < 1.29 is 8.78 Å². The lowest BCUT2D eigenvalue weighted by molar-refractivity contribution is 0.554. The van der Waals surface area contributed by atoms with Gasteiger partial charge in [-0.1, -0.05) is 34.1 Å². The smallest absolute Gasteiger partial charge is 0.126 e. The second-order valence-corrected chi connectivity index (χ2v) is 3.60. The maximum Gasteiger partial charge on any atom is 0.126 e. The summed E-state index contributed by atoms with van der Waals surface area (Å²) in [6.45, 7) is 8.13. The van der Waals surface area contributed by atoms with E-state index in [9.17, 15) is 8.78 Å². The Morgan fingerprint density at radius 2 is 1.44 bits per heavy atom. The standard InChI is InChI=1S/C12H16F2.C2H6.C2H2/c1-3-5-9(4-2)10-6-11(13)8-12(14)7-10;2*1-2/h6-9H,3-5H2,1-2H3;1-2H3;1-2H/t9-;;/m1../s1. The maximum absolute atomic E-state index is 12.9. The lowest BCUT2D eigenvalue weighted by Gasteiger charge is -2.14. The molecule has 0 aliphatic rings. The number of halogens is 2. The average Bonchev–Trinajstić information content (AvgIpc) is 2.39. The number of benzene rings is 1. The van der Waals surface area contributed by atoms with E-state index < -0.39 is 11.6 Å². The van der Waals surface area contributed by atoms with Crippen LogP contribution in [0.1, 0.15) is 58.4 Å². The molecule has 0 nitrogen and oxygen atoms in total. The summed E-state index contributed by atoms with van der Waals surface area (Å²) in [6, 6.07) is 3.79. The molecular formula is C16H24F2. The highest BCUT2D eigenvalue weighted by atomic mass is 19.1. The largest absolute Gasteiger partial charge is 0.207 e. The minimum Gasteiger partial charge on any atom is -0.207 e. The van der Waals surface area contributed by atoms with Crippen molar-refractivity contribution in [3.05, 3.63) is 35.4 Å². The Hall–Kier alpha value is -1.36. The van der Waals surface area contributed by atoms with Crippen LogP contribution in [0.25, 0.3) is 0 Å². The molecule has 0 aliphatic carbocycles. The molecule has 0 spiro atoms. The molecule has 0 fully saturated rings. The summed E-state index contributed by atoms with van der Waals surface area (Å²) in [5.41, 5.74) is 0.784. The van der Waals surface area contributed by atoms with Crippen LogP contribution in [0.4, 0.5) is 8.78 Å². The topological polar surface area (TPSA) is 0 Å². The van der Waals surface area contributed by atoms with Gasteiger partial charge in [0, 0.05) is 6.07 Å². The molecule has 0 heterocycles. The Bertz CT molecular complexity index is 309. The number of hydrogen-bond donors (Lipinski definition) is 0. The molecule has 0 bridgehead atoms. The van der Waals surface area contributed by atoms with Gasteiger partial charge in [-0.15, -0.1) is 12.8 Å². The summed E-state index contributed by atoms with van der Waals surface area (Å²) in [5, 5.41) is 0. The number of terminal acetylenes is 1. The van der Waals surface area contributed by atoms with Gasteiger partial charge < -0.3 is 0 Å². The van der Waals surface area contributed by atoms with E-state index in [1.165, 1.54) is 12.1 Å². The molecule has 0 radical (unpaired) electrons. The van der Waals surface area contributed by atoms with Gasteiger partial charge >= 0.3 is 0 Å². The normalized spacial score (nSPS) is 10.4. The summed E-state index contributed by atoms with van der Waals surface area (Å²) in [4.78, 5) is 0. The van der Waals surface area contributed by atoms with Crippen molar-refractivity contribution >= 4 is 0 Å². The van der Waals surface area contributed by atoms with Crippen LogP contribution in [0.2, 0.25) is 0 Å². The van der Waals surface area contributed by atoms with E-state index in [2.05, 4.69) is 19.8 Å². The van der Waals surface area contributed by atoms with Gasteiger partial charge in [0.05, 0.1) is 0 Å². The maximum atomic E-state index is 12.9. The van der Waals surface area contributed by atoms with Gasteiger partial charge in [-0.2, -0.15) is 0 Å². The summed E-state index contributed by atoms with van der Waals surface area (Å²) >= 11 is 0. The summed E-state index contributed by atoms with van der Waals surface area (Å²) in [6.07, 6.45) is 11.0. The summed E-state index contributed by atoms with van der Waals surface area (Å²) < 4.78 is 25.8. The van der Waals surface area contributed by atoms with Crippen LogP contribution in [0.5, 0.6) is 0 Å². The molecule has 0 unspecified atom stereocenters. The first kappa shape index (κ1) is 19.0. The van der Waals surface area contributed by atoms with E-state index in [0.717, 1.165) is 30.9 Å². The number of hydrogen-bond acceptors (Lipinski definition) is 0. The van der Waals surface area contributed by atoms with E-state index in [-0.39, 0.29) is 5.92 Å². The van der Waals surface area contributed by atoms with Crippen LogP contribution in [0.3, 0.4) is 0 Å². The Balaban J connectivity index is 0. The molecule has 0 amide bonds. The average molecular weight is 254 g/mol. The third kappa shape index (κ3) is 7.06. The first-order valence-electron chi connectivity index (χ1n) is 6.46. The van der Waals surface area contributed by atoms with Crippen molar-refractivity contribution in [2.45, 2.75) is 52.9 Å². The van der Waals surface area contributed by atoms with E-state index in [4.69, 9.17) is 0 Å². The molecule has 2 heteroatoms. The van der Waals surface area contributed by atoms with Gasteiger partial charge in [-0.05, 0) is 36.5 Å². The van der Waals surface area contributed by atoms with Crippen LogP contribution in [0, 0.1) is 24.5 Å². The highest BCUT2D eigenvalue weighted by Crippen LogP contribution is 2.25. The van der Waals surface area contributed by atoms with Gasteiger partial charge in [0.15, 0.2) is 0 Å². The second kappa shape index (κ2) is 12.1. The third-order valence-corrected chi connectivity index (χ3v) is 2.49. The molecule has 1 atom stereocenters. The van der Waals surface area contributed by atoms with Crippen LogP contribution < -0.4 is 0 Å². The van der Waals surface area contributed by atoms with Gasteiger partial charge in [-0.25, -0.2) is 8.78 Å². The Kier molecular flexibility index (Phi) is 12.8. The molecule has 0 aliphatic heterocycles. The van der Waals surface area contributed by atoms with E-state index in [1.54, 1.807) is 0 Å². The molecule has 18 heavy (non-hydrogen) atoms. The first-order chi connectivity index (χ1) is 8.67. The molecule has 0 saturated carbocycles. The lowest BCUT2D eigenvalue weighted by Crippen LogP contribution is -1.98. The highest BCUT2D eigenvalue weighted by molar-refractivity contribution is 5.21. The fraction of sp³-hybridized carbons (Fsp3) is 0.500. The van der Waals surface area contributed by atoms with E-state index in [0.29, 0.717) is 0 Å². The predicted octanol–water partition coefficient (Wildman–Crippen LogP) is 5.53. The molecule has 1 aromatic carbocycles. The summed E-state index contributed by atoms with van der Waals surface area (Å²) in [5.74, 6) is -0.672. The minimum absolute atomic E-state index is 0.283. The Morgan fingerprint density at radius 1 is 1.00 bits per heavy atom. The second-order valence-electron chi connectivity index (χ2n) is 3.60. The lowest BCUT2D eigenvalue weighted by atomic mass is 9.92. The highest BCUT2D eigenvalue weighted by Gasteiger charge is 2.10. The zero-order chi connectivity index (χ0) is 14.6. The fourth-order valence-electron chi connectivity index (χ4n) is 1.77.